The number of terminal acetylenes is 1. The molecule has 1 fully saturated rings. The maximum Gasteiger partial charge on any atom is 0.410 e. The number of aromatic nitrogens is 2. The van der Waals surface area contributed by atoms with Crippen molar-refractivity contribution in [1.29, 1.82) is 0 Å². The molecule has 154 valence electrons. The van der Waals surface area contributed by atoms with Gasteiger partial charge in [0.05, 0.1) is 12.6 Å². The van der Waals surface area contributed by atoms with Gasteiger partial charge in [0.25, 0.3) is 0 Å². The zero-order valence-electron chi connectivity index (χ0n) is 17.3. The van der Waals surface area contributed by atoms with Crippen molar-refractivity contribution in [1.82, 2.24) is 14.9 Å². The molecule has 29 heavy (non-hydrogen) atoms. The molecule has 1 aliphatic heterocycles. The highest BCUT2D eigenvalue weighted by Crippen LogP contribution is 2.35. The number of ether oxygens (including phenoxy) is 3. The van der Waals surface area contributed by atoms with Crippen LogP contribution in [0.5, 0.6) is 11.5 Å². The van der Waals surface area contributed by atoms with Crippen LogP contribution in [-0.4, -0.2) is 66.5 Å². The van der Waals surface area contributed by atoms with Crippen LogP contribution in [0.25, 0.3) is 10.9 Å². The van der Waals surface area contributed by atoms with E-state index in [4.69, 9.17) is 20.6 Å². The Balaban J connectivity index is 1.82. The van der Waals surface area contributed by atoms with E-state index in [-0.39, 0.29) is 12.7 Å². The van der Waals surface area contributed by atoms with Gasteiger partial charge in [0.1, 0.15) is 24.4 Å². The Hall–Kier alpha value is -3.21. The molecule has 2 heterocycles. The normalized spacial score (nSPS) is 14.4. The maximum absolute atomic E-state index is 12.3. The molecule has 0 saturated carbocycles. The van der Waals surface area contributed by atoms with E-state index in [1.54, 1.807) is 12.0 Å². The second kappa shape index (κ2) is 8.43. The van der Waals surface area contributed by atoms with Crippen molar-refractivity contribution >= 4 is 22.8 Å². The number of piperazine rings is 1. The highest BCUT2D eigenvalue weighted by molar-refractivity contribution is 5.92. The fourth-order valence-electron chi connectivity index (χ4n) is 3.12. The Morgan fingerprint density at radius 1 is 1.17 bits per heavy atom. The first-order chi connectivity index (χ1) is 13.8. The van der Waals surface area contributed by atoms with Gasteiger partial charge >= 0.3 is 6.09 Å². The molecule has 1 saturated heterocycles. The second-order valence-corrected chi connectivity index (χ2v) is 7.66. The Morgan fingerprint density at radius 2 is 1.90 bits per heavy atom. The summed E-state index contributed by atoms with van der Waals surface area (Å²) < 4.78 is 16.5. The summed E-state index contributed by atoms with van der Waals surface area (Å²) in [5.41, 5.74) is 0.236. The SMILES string of the molecule is C#CCOc1cc2c(N3CCN(C(=O)OC(C)(C)C)CC3)ncnc2cc1OC. The smallest absolute Gasteiger partial charge is 0.410 e. The van der Waals surface area contributed by atoms with Crippen molar-refractivity contribution in [2.24, 2.45) is 0 Å². The lowest BCUT2D eigenvalue weighted by Crippen LogP contribution is -2.50. The van der Waals surface area contributed by atoms with E-state index in [2.05, 4.69) is 20.8 Å². The van der Waals surface area contributed by atoms with Crippen LogP contribution in [0.15, 0.2) is 18.5 Å². The number of amides is 1. The first-order valence-corrected chi connectivity index (χ1v) is 9.44. The molecule has 0 bridgehead atoms. The van der Waals surface area contributed by atoms with E-state index in [0.29, 0.717) is 37.7 Å². The third kappa shape index (κ3) is 4.80. The second-order valence-electron chi connectivity index (χ2n) is 7.66. The first kappa shape index (κ1) is 20.5. The zero-order chi connectivity index (χ0) is 21.0. The van der Waals surface area contributed by atoms with Crippen LogP contribution in [0, 0.1) is 12.3 Å². The fraction of sp³-hybridized carbons (Fsp3) is 0.476. The first-order valence-electron chi connectivity index (χ1n) is 9.44. The number of nitrogens with zero attached hydrogens (tertiary/aromatic N) is 4. The van der Waals surface area contributed by atoms with Gasteiger partial charge < -0.3 is 24.0 Å². The van der Waals surface area contributed by atoms with Gasteiger partial charge in [0, 0.05) is 37.6 Å². The lowest BCUT2D eigenvalue weighted by molar-refractivity contribution is 0.0240. The molecule has 2 aromatic rings. The van der Waals surface area contributed by atoms with Crippen molar-refractivity contribution in [3.8, 4) is 23.8 Å². The van der Waals surface area contributed by atoms with E-state index in [0.717, 1.165) is 16.7 Å². The minimum absolute atomic E-state index is 0.138. The Labute approximate surface area is 170 Å². The largest absolute Gasteiger partial charge is 0.493 e. The molecule has 0 radical (unpaired) electrons. The number of rotatable bonds is 4. The molecule has 0 aliphatic carbocycles. The van der Waals surface area contributed by atoms with Crippen LogP contribution in [0.4, 0.5) is 10.6 Å². The highest BCUT2D eigenvalue weighted by Gasteiger charge is 2.27. The van der Waals surface area contributed by atoms with E-state index < -0.39 is 5.60 Å². The van der Waals surface area contributed by atoms with Crippen LogP contribution in [-0.2, 0) is 4.74 Å². The van der Waals surface area contributed by atoms with E-state index in [1.807, 2.05) is 32.9 Å². The van der Waals surface area contributed by atoms with Gasteiger partial charge in [-0.1, -0.05) is 5.92 Å². The standard InChI is InChI=1S/C21H26N4O4/c1-6-11-28-18-12-15-16(13-17(18)27-5)22-14-23-19(15)24-7-9-25(10-8-24)20(26)29-21(2,3)4/h1,12-14H,7-11H2,2-5H3. The van der Waals surface area contributed by atoms with Crippen LogP contribution in [0.2, 0.25) is 0 Å². The molecular weight excluding hydrogens is 372 g/mol. The molecule has 1 amide bonds. The molecule has 1 aromatic heterocycles. The number of hydrogen-bond donors (Lipinski definition) is 0. The van der Waals surface area contributed by atoms with Gasteiger partial charge in [-0.3, -0.25) is 0 Å². The summed E-state index contributed by atoms with van der Waals surface area (Å²) in [5.74, 6) is 4.35. The molecule has 0 unspecified atom stereocenters. The third-order valence-corrected chi connectivity index (χ3v) is 4.44. The fourth-order valence-corrected chi connectivity index (χ4v) is 3.12. The van der Waals surface area contributed by atoms with E-state index >= 15 is 0 Å². The maximum atomic E-state index is 12.3. The number of fused-ring (bicyclic) bond motifs is 1. The zero-order valence-corrected chi connectivity index (χ0v) is 17.3. The Kier molecular flexibility index (Phi) is 5.97. The summed E-state index contributed by atoms with van der Waals surface area (Å²) in [6, 6.07) is 3.66. The summed E-state index contributed by atoms with van der Waals surface area (Å²) in [4.78, 5) is 25.0. The third-order valence-electron chi connectivity index (χ3n) is 4.44. The van der Waals surface area contributed by atoms with E-state index in [9.17, 15) is 4.79 Å². The number of benzene rings is 1. The molecule has 1 aliphatic rings. The highest BCUT2D eigenvalue weighted by atomic mass is 16.6. The number of carbonyl (C=O) groups excluding carboxylic acids is 1. The number of carbonyl (C=O) groups is 1. The van der Waals surface area contributed by atoms with Gasteiger partial charge in [0.15, 0.2) is 11.5 Å². The van der Waals surface area contributed by atoms with Crippen LogP contribution >= 0.6 is 0 Å². The van der Waals surface area contributed by atoms with Crippen LogP contribution in [0.3, 0.4) is 0 Å². The molecule has 0 spiro atoms. The summed E-state index contributed by atoms with van der Waals surface area (Å²) in [5, 5.41) is 0.839. The predicted molar refractivity (Wildman–Crippen MR) is 110 cm³/mol. The molecule has 0 N–H and O–H groups in total. The van der Waals surface area contributed by atoms with Crippen molar-refractivity contribution in [3.05, 3.63) is 18.5 Å². The predicted octanol–water partition coefficient (Wildman–Crippen LogP) is 2.71. The molecule has 3 rings (SSSR count). The average molecular weight is 398 g/mol. The van der Waals surface area contributed by atoms with Crippen molar-refractivity contribution in [2.75, 3.05) is 44.8 Å². The summed E-state index contributed by atoms with van der Waals surface area (Å²) in [7, 11) is 1.57. The molecule has 1 aromatic carbocycles. The van der Waals surface area contributed by atoms with Gasteiger partial charge in [-0.05, 0) is 26.8 Å². The van der Waals surface area contributed by atoms with Crippen LogP contribution in [0.1, 0.15) is 20.8 Å². The molecule has 8 nitrogen and oxygen atoms in total. The summed E-state index contributed by atoms with van der Waals surface area (Å²) in [6.45, 7) is 8.11. The number of anilines is 1. The lowest BCUT2D eigenvalue weighted by atomic mass is 10.2. The minimum atomic E-state index is -0.509. The summed E-state index contributed by atoms with van der Waals surface area (Å²) >= 11 is 0. The summed E-state index contributed by atoms with van der Waals surface area (Å²) in [6.07, 6.45) is 6.55. The minimum Gasteiger partial charge on any atom is -0.493 e. The quantitative estimate of drug-likeness (QED) is 0.733. The van der Waals surface area contributed by atoms with Gasteiger partial charge in [-0.25, -0.2) is 14.8 Å². The van der Waals surface area contributed by atoms with E-state index in [1.165, 1.54) is 6.33 Å². The monoisotopic (exact) mass is 398 g/mol. The molecular formula is C21H26N4O4. The van der Waals surface area contributed by atoms with Crippen LogP contribution < -0.4 is 14.4 Å². The lowest BCUT2D eigenvalue weighted by Gasteiger charge is -2.36. The molecule has 0 atom stereocenters. The topological polar surface area (TPSA) is 77.0 Å². The Bertz CT molecular complexity index is 925. The van der Waals surface area contributed by atoms with Crippen molar-refractivity contribution in [3.63, 3.8) is 0 Å². The Morgan fingerprint density at radius 3 is 2.52 bits per heavy atom. The average Bonchev–Trinajstić information content (AvgIpc) is 2.70. The van der Waals surface area contributed by atoms with Gasteiger partial charge in [0.2, 0.25) is 0 Å². The van der Waals surface area contributed by atoms with Crippen molar-refractivity contribution in [2.45, 2.75) is 26.4 Å². The number of methoxy groups -OCH3 is 1. The van der Waals surface area contributed by atoms with Gasteiger partial charge in [-0.2, -0.15) is 0 Å². The van der Waals surface area contributed by atoms with Crippen molar-refractivity contribution < 1.29 is 19.0 Å². The van der Waals surface area contributed by atoms with Gasteiger partial charge in [-0.15, -0.1) is 6.42 Å². The number of hydrogen-bond acceptors (Lipinski definition) is 7. The molecule has 8 heteroatoms.